The lowest BCUT2D eigenvalue weighted by Gasteiger charge is -2.24. The van der Waals surface area contributed by atoms with Crippen LogP contribution in [0.5, 0.6) is 5.75 Å². The maximum atomic E-state index is 12.2. The molecule has 156 valence electrons. The molecule has 1 aliphatic rings. The van der Waals surface area contributed by atoms with Crippen LogP contribution in [0.2, 0.25) is 5.02 Å². The number of carbonyl (C=O) groups is 2. The van der Waals surface area contributed by atoms with Crippen molar-refractivity contribution in [1.29, 1.82) is 0 Å². The number of nitrogens with one attached hydrogen (secondary N) is 1. The maximum absolute atomic E-state index is 12.2. The first-order valence-electron chi connectivity index (χ1n) is 9.87. The van der Waals surface area contributed by atoms with Gasteiger partial charge in [-0.05, 0) is 49.4 Å². The van der Waals surface area contributed by atoms with Gasteiger partial charge in [-0.3, -0.25) is 4.79 Å². The van der Waals surface area contributed by atoms with Crippen LogP contribution in [-0.4, -0.2) is 30.1 Å². The summed E-state index contributed by atoms with van der Waals surface area (Å²) in [4.78, 5) is 28.0. The Balaban J connectivity index is 1.52. The predicted molar refractivity (Wildman–Crippen MR) is 113 cm³/mol. The van der Waals surface area contributed by atoms with E-state index >= 15 is 0 Å². The highest BCUT2D eigenvalue weighted by molar-refractivity contribution is 7.09. The zero-order valence-corrected chi connectivity index (χ0v) is 18.0. The summed E-state index contributed by atoms with van der Waals surface area (Å²) in [6.07, 6.45) is 5.92. The number of benzene rings is 1. The summed E-state index contributed by atoms with van der Waals surface area (Å²) in [5.74, 6) is 0.442. The molecule has 0 bridgehead atoms. The monoisotopic (exact) mass is 436 g/mol. The van der Waals surface area contributed by atoms with Crippen molar-refractivity contribution in [2.24, 2.45) is 0 Å². The maximum Gasteiger partial charge on any atom is 0.357 e. The van der Waals surface area contributed by atoms with Gasteiger partial charge in [-0.25, -0.2) is 9.78 Å². The smallest absolute Gasteiger partial charge is 0.357 e. The number of hydrogen-bond acceptors (Lipinski definition) is 6. The van der Waals surface area contributed by atoms with E-state index < -0.39 is 5.97 Å². The molecule has 1 amide bonds. The Morgan fingerprint density at radius 2 is 2.07 bits per heavy atom. The second-order valence-electron chi connectivity index (χ2n) is 6.93. The number of esters is 1. The zero-order chi connectivity index (χ0) is 20.6. The van der Waals surface area contributed by atoms with Gasteiger partial charge in [0.2, 0.25) is 0 Å². The van der Waals surface area contributed by atoms with Crippen LogP contribution < -0.4 is 10.1 Å². The largest absolute Gasteiger partial charge is 0.483 e. The van der Waals surface area contributed by atoms with Crippen LogP contribution in [-0.2, 0) is 16.1 Å². The topological polar surface area (TPSA) is 77.5 Å². The molecule has 8 heteroatoms. The van der Waals surface area contributed by atoms with Gasteiger partial charge in [0.1, 0.15) is 10.8 Å². The van der Waals surface area contributed by atoms with E-state index in [0.29, 0.717) is 22.6 Å². The van der Waals surface area contributed by atoms with Gasteiger partial charge in [0, 0.05) is 10.4 Å². The normalized spacial score (nSPS) is 14.4. The van der Waals surface area contributed by atoms with Crippen molar-refractivity contribution in [3.05, 3.63) is 44.9 Å². The number of amides is 1. The number of carbonyl (C=O) groups excluding carboxylic acids is 2. The summed E-state index contributed by atoms with van der Waals surface area (Å²) in [7, 11) is 0. The standard InChI is InChI=1S/C21H25ClN2O4S/c1-2-27-21(26)17-13-29-20(24-17)11-23-19(25)12-28-18-9-8-15(22)10-16(18)14-6-4-3-5-7-14/h8-10,13-14H,2-7,11-12H2,1H3,(H,23,25). The predicted octanol–water partition coefficient (Wildman–Crippen LogP) is 4.72. The highest BCUT2D eigenvalue weighted by Crippen LogP contribution is 2.38. The number of nitrogens with zero attached hydrogens (tertiary/aromatic N) is 1. The molecular formula is C21H25ClN2O4S. The van der Waals surface area contributed by atoms with Crippen molar-refractivity contribution in [3.8, 4) is 5.75 Å². The first-order valence-corrected chi connectivity index (χ1v) is 11.1. The SMILES string of the molecule is CCOC(=O)c1csc(CNC(=O)COc2ccc(Cl)cc2C2CCCCC2)n1. The Morgan fingerprint density at radius 1 is 1.28 bits per heavy atom. The van der Waals surface area contributed by atoms with E-state index in [0.717, 1.165) is 24.2 Å². The lowest BCUT2D eigenvalue weighted by atomic mass is 9.84. The summed E-state index contributed by atoms with van der Waals surface area (Å²) in [5.41, 5.74) is 1.35. The van der Waals surface area contributed by atoms with Crippen LogP contribution in [0.4, 0.5) is 0 Å². The summed E-state index contributed by atoms with van der Waals surface area (Å²) in [6.45, 7) is 2.19. The van der Waals surface area contributed by atoms with Gasteiger partial charge in [0.15, 0.2) is 12.3 Å². The molecule has 1 aromatic carbocycles. The fourth-order valence-electron chi connectivity index (χ4n) is 3.44. The van der Waals surface area contributed by atoms with E-state index in [9.17, 15) is 9.59 Å². The molecule has 0 aliphatic heterocycles. The molecule has 1 aliphatic carbocycles. The second-order valence-corrected chi connectivity index (χ2v) is 8.31. The van der Waals surface area contributed by atoms with Gasteiger partial charge in [0.25, 0.3) is 5.91 Å². The van der Waals surface area contributed by atoms with Crippen molar-refractivity contribution in [1.82, 2.24) is 10.3 Å². The summed E-state index contributed by atoms with van der Waals surface area (Å²) >= 11 is 7.49. The quantitative estimate of drug-likeness (QED) is 0.606. The van der Waals surface area contributed by atoms with Crippen LogP contribution in [0.1, 0.15) is 66.0 Å². The molecule has 1 N–H and O–H groups in total. The van der Waals surface area contributed by atoms with Crippen LogP contribution in [0.15, 0.2) is 23.6 Å². The first-order chi connectivity index (χ1) is 14.1. The second kappa shape index (κ2) is 10.6. The van der Waals surface area contributed by atoms with Gasteiger partial charge in [0.05, 0.1) is 13.2 Å². The van der Waals surface area contributed by atoms with Crippen molar-refractivity contribution in [2.45, 2.75) is 51.5 Å². The minimum Gasteiger partial charge on any atom is -0.483 e. The molecule has 0 unspecified atom stereocenters. The third-order valence-electron chi connectivity index (χ3n) is 4.85. The molecule has 3 rings (SSSR count). The summed E-state index contributed by atoms with van der Waals surface area (Å²) in [5, 5.41) is 5.71. The van der Waals surface area contributed by atoms with E-state index in [1.54, 1.807) is 18.4 Å². The highest BCUT2D eigenvalue weighted by Gasteiger charge is 2.20. The van der Waals surface area contributed by atoms with Crippen molar-refractivity contribution in [2.75, 3.05) is 13.2 Å². The Labute approximate surface area is 179 Å². The molecule has 0 spiro atoms. The van der Waals surface area contributed by atoms with Crippen LogP contribution in [0, 0.1) is 0 Å². The summed E-state index contributed by atoms with van der Waals surface area (Å²) < 4.78 is 10.7. The Hall–Kier alpha value is -2.12. The van der Waals surface area contributed by atoms with Crippen LogP contribution >= 0.6 is 22.9 Å². The minimum atomic E-state index is -0.456. The van der Waals surface area contributed by atoms with Gasteiger partial charge < -0.3 is 14.8 Å². The molecular weight excluding hydrogens is 412 g/mol. The first kappa shape index (κ1) is 21.6. The van der Waals surface area contributed by atoms with Crippen molar-refractivity contribution < 1.29 is 19.1 Å². The molecule has 1 fully saturated rings. The molecule has 29 heavy (non-hydrogen) atoms. The molecule has 6 nitrogen and oxygen atoms in total. The van der Waals surface area contributed by atoms with E-state index in [2.05, 4.69) is 10.3 Å². The Kier molecular flexibility index (Phi) is 7.89. The minimum absolute atomic E-state index is 0.0859. The number of halogens is 1. The molecule has 1 heterocycles. The number of aromatic nitrogens is 1. The Bertz CT molecular complexity index is 849. The fraction of sp³-hybridized carbons (Fsp3) is 0.476. The van der Waals surface area contributed by atoms with E-state index in [1.807, 2.05) is 12.1 Å². The summed E-state index contributed by atoms with van der Waals surface area (Å²) in [6, 6.07) is 5.58. The lowest BCUT2D eigenvalue weighted by Crippen LogP contribution is -2.28. The van der Waals surface area contributed by atoms with Crippen molar-refractivity contribution in [3.63, 3.8) is 0 Å². The highest BCUT2D eigenvalue weighted by atomic mass is 35.5. The number of rotatable bonds is 8. The average molecular weight is 437 g/mol. The molecule has 2 aromatic rings. The number of hydrogen-bond donors (Lipinski definition) is 1. The van der Waals surface area contributed by atoms with Gasteiger partial charge in [-0.1, -0.05) is 30.9 Å². The molecule has 0 radical (unpaired) electrons. The lowest BCUT2D eigenvalue weighted by molar-refractivity contribution is -0.123. The van der Waals surface area contributed by atoms with Gasteiger partial charge in [-0.2, -0.15) is 0 Å². The Morgan fingerprint density at radius 3 is 2.83 bits per heavy atom. The van der Waals surface area contributed by atoms with Gasteiger partial charge >= 0.3 is 5.97 Å². The molecule has 1 saturated carbocycles. The third kappa shape index (κ3) is 6.18. The number of ether oxygens (including phenoxy) is 2. The molecule has 1 aromatic heterocycles. The zero-order valence-electron chi connectivity index (χ0n) is 16.4. The number of thiazole rings is 1. The molecule has 0 saturated heterocycles. The van der Waals surface area contributed by atoms with E-state index in [4.69, 9.17) is 21.1 Å². The van der Waals surface area contributed by atoms with Gasteiger partial charge in [-0.15, -0.1) is 11.3 Å². The van der Waals surface area contributed by atoms with E-state index in [-0.39, 0.29) is 24.8 Å². The van der Waals surface area contributed by atoms with E-state index in [1.165, 1.54) is 30.6 Å². The third-order valence-corrected chi connectivity index (χ3v) is 5.93. The average Bonchev–Trinajstić information content (AvgIpc) is 3.21. The van der Waals surface area contributed by atoms with Crippen LogP contribution in [0.25, 0.3) is 0 Å². The van der Waals surface area contributed by atoms with Crippen molar-refractivity contribution >= 4 is 34.8 Å². The van der Waals surface area contributed by atoms with Crippen LogP contribution in [0.3, 0.4) is 0 Å². The fourth-order valence-corrected chi connectivity index (χ4v) is 4.33. The molecule has 0 atom stereocenters.